The summed E-state index contributed by atoms with van der Waals surface area (Å²) in [5, 5.41) is 4.96. The van der Waals surface area contributed by atoms with E-state index in [0.717, 1.165) is 24.3 Å². The van der Waals surface area contributed by atoms with Crippen LogP contribution in [0.25, 0.3) is 0 Å². The number of benzene rings is 2. The van der Waals surface area contributed by atoms with Crippen LogP contribution in [-0.2, 0) is 32.7 Å². The van der Waals surface area contributed by atoms with Gasteiger partial charge in [0.25, 0.3) is 0 Å². The summed E-state index contributed by atoms with van der Waals surface area (Å²) in [5.74, 6) is -2.36. The fourth-order valence-electron chi connectivity index (χ4n) is 2.42. The largest absolute Gasteiger partial charge is 0.467 e. The second-order valence-corrected chi connectivity index (χ2v) is 6.99. The summed E-state index contributed by atoms with van der Waals surface area (Å²) >= 11 is 0. The highest BCUT2D eigenvalue weighted by Crippen LogP contribution is 2.30. The smallest absolute Gasteiger partial charge is 0.341 e. The fourth-order valence-corrected chi connectivity index (χ4v) is 2.96. The molecule has 0 spiro atoms. The lowest BCUT2D eigenvalue weighted by Crippen LogP contribution is -2.16. The molecule has 26 heavy (non-hydrogen) atoms. The summed E-state index contributed by atoms with van der Waals surface area (Å²) in [6.07, 6.45) is 0. The summed E-state index contributed by atoms with van der Waals surface area (Å²) < 4.78 is 65.5. The number of rotatable bonds is 4. The van der Waals surface area contributed by atoms with E-state index in [0.29, 0.717) is 11.3 Å². The predicted molar refractivity (Wildman–Crippen MR) is 83.6 cm³/mol. The molecule has 138 valence electrons. The Balaban J connectivity index is 1.83. The zero-order chi connectivity index (χ0) is 18.9. The molecule has 2 aromatic rings. The maximum absolute atomic E-state index is 13.8. The minimum atomic E-state index is -4.12. The van der Waals surface area contributed by atoms with Crippen LogP contribution in [0.1, 0.15) is 21.5 Å². The minimum Gasteiger partial charge on any atom is -0.467 e. The number of halogens is 2. The van der Waals surface area contributed by atoms with Gasteiger partial charge in [0.2, 0.25) is 10.0 Å². The van der Waals surface area contributed by atoms with Crippen molar-refractivity contribution in [2.24, 2.45) is 5.14 Å². The maximum atomic E-state index is 13.8. The highest BCUT2D eigenvalue weighted by molar-refractivity contribution is 7.89. The summed E-state index contributed by atoms with van der Waals surface area (Å²) in [5.41, 5.74) is 0.0791. The fraction of sp³-hybridized carbons (Fsp3) is 0.188. The molecule has 0 atom stereocenters. The number of hydrogen-bond donors (Lipinski definition) is 1. The van der Waals surface area contributed by atoms with Crippen molar-refractivity contribution in [1.29, 1.82) is 0 Å². The van der Waals surface area contributed by atoms with Crippen molar-refractivity contribution < 1.29 is 36.2 Å². The van der Waals surface area contributed by atoms with Gasteiger partial charge >= 0.3 is 5.97 Å². The monoisotopic (exact) mass is 385 g/mol. The molecular formula is C16H13F2NO6S. The Morgan fingerprint density at radius 1 is 1.23 bits per heavy atom. The Morgan fingerprint density at radius 2 is 2.00 bits per heavy atom. The summed E-state index contributed by atoms with van der Waals surface area (Å²) in [4.78, 5) is 11.7. The van der Waals surface area contributed by atoms with Gasteiger partial charge in [-0.25, -0.2) is 27.1 Å². The molecule has 1 aliphatic heterocycles. The number of carbonyl (C=O) groups excluding carboxylic acids is 1. The van der Waals surface area contributed by atoms with Gasteiger partial charge in [-0.05, 0) is 30.3 Å². The second-order valence-electron chi connectivity index (χ2n) is 5.43. The van der Waals surface area contributed by atoms with E-state index in [1.807, 2.05) is 0 Å². The molecule has 0 saturated heterocycles. The van der Waals surface area contributed by atoms with E-state index in [2.05, 4.69) is 0 Å². The Labute approximate surface area is 147 Å². The molecule has 10 heteroatoms. The quantitative estimate of drug-likeness (QED) is 0.805. The van der Waals surface area contributed by atoms with Crippen LogP contribution in [0.5, 0.6) is 5.75 Å². The number of sulfonamides is 1. The average molecular weight is 385 g/mol. The first kappa shape index (κ1) is 18.2. The lowest BCUT2D eigenvalue weighted by molar-refractivity contribution is -0.0183. The van der Waals surface area contributed by atoms with Crippen LogP contribution < -0.4 is 9.88 Å². The highest BCUT2D eigenvalue weighted by Gasteiger charge is 2.21. The van der Waals surface area contributed by atoms with Gasteiger partial charge in [-0.15, -0.1) is 0 Å². The van der Waals surface area contributed by atoms with Crippen molar-refractivity contribution in [2.45, 2.75) is 18.1 Å². The van der Waals surface area contributed by atoms with Gasteiger partial charge in [0, 0.05) is 11.1 Å². The van der Waals surface area contributed by atoms with Crippen molar-refractivity contribution in [1.82, 2.24) is 0 Å². The van der Waals surface area contributed by atoms with Crippen molar-refractivity contribution in [3.8, 4) is 5.75 Å². The molecule has 0 aromatic heterocycles. The Kier molecular flexibility index (Phi) is 4.90. The van der Waals surface area contributed by atoms with E-state index in [1.54, 1.807) is 0 Å². The molecule has 0 radical (unpaired) electrons. The zero-order valence-corrected chi connectivity index (χ0v) is 14.0. The third-order valence-electron chi connectivity index (χ3n) is 3.60. The summed E-state index contributed by atoms with van der Waals surface area (Å²) in [7, 11) is -4.12. The Bertz CT molecular complexity index is 977. The average Bonchev–Trinajstić information content (AvgIpc) is 2.58. The number of nitrogens with two attached hydrogens (primary N) is 1. The SMILES string of the molecule is NS(=O)(=O)c1ccc(F)c(C(=O)OCc2cc(F)cc3c2OCOC3)c1. The number of fused-ring (bicyclic) bond motifs is 1. The first-order chi connectivity index (χ1) is 12.3. The maximum Gasteiger partial charge on any atom is 0.341 e. The summed E-state index contributed by atoms with van der Waals surface area (Å²) in [6.45, 7) is -0.304. The van der Waals surface area contributed by atoms with Crippen LogP contribution in [0.4, 0.5) is 8.78 Å². The third-order valence-corrected chi connectivity index (χ3v) is 4.51. The Hall–Kier alpha value is -2.56. The highest BCUT2D eigenvalue weighted by atomic mass is 32.2. The normalized spacial score (nSPS) is 13.7. The van der Waals surface area contributed by atoms with Crippen LogP contribution in [0.2, 0.25) is 0 Å². The van der Waals surface area contributed by atoms with Gasteiger partial charge in [-0.2, -0.15) is 0 Å². The molecule has 0 amide bonds. The van der Waals surface area contributed by atoms with Gasteiger partial charge in [-0.1, -0.05) is 0 Å². The van der Waals surface area contributed by atoms with Crippen LogP contribution in [0.3, 0.4) is 0 Å². The van der Waals surface area contributed by atoms with Crippen LogP contribution in [-0.4, -0.2) is 21.2 Å². The van der Waals surface area contributed by atoms with E-state index in [1.165, 1.54) is 6.07 Å². The molecule has 0 saturated carbocycles. The molecule has 1 heterocycles. The molecule has 0 aliphatic carbocycles. The van der Waals surface area contributed by atoms with E-state index in [-0.39, 0.29) is 19.0 Å². The summed E-state index contributed by atoms with van der Waals surface area (Å²) in [6, 6.07) is 4.85. The molecule has 0 fully saturated rings. The standard InChI is InChI=1S/C16H13F2NO6S/c17-11-3-9-6-23-8-25-15(9)10(4-11)7-24-16(20)13-5-12(26(19,21)22)1-2-14(13)18/h1-5H,6-8H2,(H2,19,21,22). The number of carbonyl (C=O) groups is 1. The second kappa shape index (κ2) is 6.98. The molecule has 0 unspecified atom stereocenters. The first-order valence-corrected chi connectivity index (χ1v) is 8.81. The first-order valence-electron chi connectivity index (χ1n) is 7.27. The molecule has 7 nitrogen and oxygen atoms in total. The van der Waals surface area contributed by atoms with Crippen molar-refractivity contribution in [2.75, 3.05) is 6.79 Å². The minimum absolute atomic E-state index is 0.0371. The third kappa shape index (κ3) is 3.82. The van der Waals surface area contributed by atoms with Crippen LogP contribution in [0.15, 0.2) is 35.2 Å². The van der Waals surface area contributed by atoms with E-state index in [9.17, 15) is 22.0 Å². The number of ether oxygens (including phenoxy) is 3. The van der Waals surface area contributed by atoms with Gasteiger partial charge in [-0.3, -0.25) is 0 Å². The molecule has 3 rings (SSSR count). The topological polar surface area (TPSA) is 105 Å². The molecule has 2 N–H and O–H groups in total. The van der Waals surface area contributed by atoms with E-state index in [4.69, 9.17) is 19.3 Å². The predicted octanol–water partition coefficient (Wildman–Crippen LogP) is 1.84. The lowest BCUT2D eigenvalue weighted by atomic mass is 10.1. The molecule has 1 aliphatic rings. The van der Waals surface area contributed by atoms with Gasteiger partial charge in [0.1, 0.15) is 24.0 Å². The van der Waals surface area contributed by atoms with Gasteiger partial charge in [0.05, 0.1) is 17.1 Å². The number of hydrogen-bond acceptors (Lipinski definition) is 6. The van der Waals surface area contributed by atoms with E-state index >= 15 is 0 Å². The van der Waals surface area contributed by atoms with Crippen molar-refractivity contribution >= 4 is 16.0 Å². The molecular weight excluding hydrogens is 372 g/mol. The lowest BCUT2D eigenvalue weighted by Gasteiger charge is -2.20. The zero-order valence-electron chi connectivity index (χ0n) is 13.2. The number of esters is 1. The van der Waals surface area contributed by atoms with Crippen molar-refractivity contribution in [3.63, 3.8) is 0 Å². The van der Waals surface area contributed by atoms with Gasteiger partial charge < -0.3 is 14.2 Å². The molecule has 2 aromatic carbocycles. The van der Waals surface area contributed by atoms with Crippen LogP contribution in [0, 0.1) is 11.6 Å². The van der Waals surface area contributed by atoms with Gasteiger partial charge in [0.15, 0.2) is 6.79 Å². The van der Waals surface area contributed by atoms with Crippen LogP contribution >= 0.6 is 0 Å². The number of primary sulfonamides is 1. The molecule has 0 bridgehead atoms. The van der Waals surface area contributed by atoms with E-state index < -0.39 is 44.7 Å². The Morgan fingerprint density at radius 3 is 2.73 bits per heavy atom. The van der Waals surface area contributed by atoms with Crippen molar-refractivity contribution in [3.05, 3.63) is 58.7 Å².